The molecular weight excluding hydrogens is 294 g/mol. The highest BCUT2D eigenvalue weighted by molar-refractivity contribution is 5.82. The predicted octanol–water partition coefficient (Wildman–Crippen LogP) is 1.53. The molecule has 1 aromatic rings. The molecule has 122 valence electrons. The normalized spacial score (nSPS) is 19.7. The second-order valence-electron chi connectivity index (χ2n) is 5.25. The average Bonchev–Trinajstić information content (AvgIpc) is 2.87. The minimum absolute atomic E-state index is 0.256. The van der Waals surface area contributed by atoms with Crippen LogP contribution >= 0.6 is 0 Å². The Kier molecular flexibility index (Phi) is 5.18. The number of ether oxygens (including phenoxy) is 2. The molecule has 0 radical (unpaired) electrons. The molecule has 1 unspecified atom stereocenters. The van der Waals surface area contributed by atoms with Crippen LogP contribution in [0, 0.1) is 0 Å². The number of nitrogens with one attached hydrogen (secondary N) is 1. The van der Waals surface area contributed by atoms with Gasteiger partial charge in [0.15, 0.2) is 11.5 Å². The Bertz CT molecular complexity index is 525. The second kappa shape index (κ2) is 6.91. The maximum Gasteiger partial charge on any atom is 0.262 e. The van der Waals surface area contributed by atoms with Crippen molar-refractivity contribution in [2.24, 2.45) is 0 Å². The van der Waals surface area contributed by atoms with Crippen molar-refractivity contribution >= 4 is 5.91 Å². The van der Waals surface area contributed by atoms with Crippen molar-refractivity contribution in [3.8, 4) is 11.5 Å². The van der Waals surface area contributed by atoms with Gasteiger partial charge in [0.25, 0.3) is 5.92 Å². The summed E-state index contributed by atoms with van der Waals surface area (Å²) in [5.41, 5.74) is 0. The average molecular weight is 314 g/mol. The molecule has 1 N–H and O–H groups in total. The van der Waals surface area contributed by atoms with Crippen molar-refractivity contribution < 1.29 is 23.0 Å². The number of alkyl halides is 2. The van der Waals surface area contributed by atoms with E-state index in [9.17, 15) is 13.6 Å². The van der Waals surface area contributed by atoms with Crippen LogP contribution in [0.2, 0.25) is 0 Å². The van der Waals surface area contributed by atoms with Gasteiger partial charge in [-0.25, -0.2) is 8.78 Å². The number of hydrogen-bond acceptors (Lipinski definition) is 4. The number of methoxy groups -OCH3 is 1. The van der Waals surface area contributed by atoms with Gasteiger partial charge in [-0.1, -0.05) is 12.1 Å². The molecule has 1 aliphatic rings. The topological polar surface area (TPSA) is 50.8 Å². The van der Waals surface area contributed by atoms with Crippen molar-refractivity contribution in [2.75, 3.05) is 33.9 Å². The Labute approximate surface area is 128 Å². The SMILES string of the molecule is COc1ccccc1OCCN(C)C(=O)C1CC(F)(F)CN1. The van der Waals surface area contributed by atoms with E-state index in [2.05, 4.69) is 5.32 Å². The molecule has 22 heavy (non-hydrogen) atoms. The lowest BCUT2D eigenvalue weighted by Gasteiger charge is -2.21. The summed E-state index contributed by atoms with van der Waals surface area (Å²) in [7, 11) is 3.12. The highest BCUT2D eigenvalue weighted by atomic mass is 19.3. The Balaban J connectivity index is 1.80. The van der Waals surface area contributed by atoms with E-state index < -0.39 is 24.9 Å². The molecule has 7 heteroatoms. The number of carbonyl (C=O) groups excluding carboxylic acids is 1. The number of benzene rings is 1. The lowest BCUT2D eigenvalue weighted by Crippen LogP contribution is -2.43. The molecule has 0 aromatic heterocycles. The van der Waals surface area contributed by atoms with E-state index >= 15 is 0 Å². The number of para-hydroxylation sites is 2. The van der Waals surface area contributed by atoms with E-state index in [1.165, 1.54) is 4.90 Å². The van der Waals surface area contributed by atoms with E-state index in [1.807, 2.05) is 12.1 Å². The second-order valence-corrected chi connectivity index (χ2v) is 5.25. The molecule has 1 heterocycles. The maximum absolute atomic E-state index is 13.1. The van der Waals surface area contributed by atoms with Gasteiger partial charge in [-0.05, 0) is 12.1 Å². The van der Waals surface area contributed by atoms with Gasteiger partial charge >= 0.3 is 0 Å². The van der Waals surface area contributed by atoms with Crippen molar-refractivity contribution in [2.45, 2.75) is 18.4 Å². The third kappa shape index (κ3) is 4.07. The molecule has 5 nitrogen and oxygen atoms in total. The van der Waals surface area contributed by atoms with Crippen LogP contribution in [-0.2, 0) is 4.79 Å². The van der Waals surface area contributed by atoms with Crippen molar-refractivity contribution in [3.63, 3.8) is 0 Å². The third-order valence-electron chi connectivity index (χ3n) is 3.54. The lowest BCUT2D eigenvalue weighted by molar-refractivity contribution is -0.132. The van der Waals surface area contributed by atoms with Gasteiger partial charge in [0.2, 0.25) is 5.91 Å². The van der Waals surface area contributed by atoms with Crippen LogP contribution in [0.3, 0.4) is 0 Å². The Morgan fingerprint density at radius 3 is 2.68 bits per heavy atom. The van der Waals surface area contributed by atoms with Crippen LogP contribution in [0.4, 0.5) is 8.78 Å². The molecule has 0 saturated carbocycles. The molecule has 0 spiro atoms. The first-order valence-corrected chi connectivity index (χ1v) is 7.05. The first-order valence-electron chi connectivity index (χ1n) is 7.05. The largest absolute Gasteiger partial charge is 0.493 e. The highest BCUT2D eigenvalue weighted by Gasteiger charge is 2.43. The van der Waals surface area contributed by atoms with Crippen molar-refractivity contribution in [1.82, 2.24) is 10.2 Å². The number of halogens is 2. The smallest absolute Gasteiger partial charge is 0.262 e. The zero-order valence-electron chi connectivity index (χ0n) is 12.6. The molecule has 1 atom stereocenters. The summed E-state index contributed by atoms with van der Waals surface area (Å²) < 4.78 is 36.9. The minimum Gasteiger partial charge on any atom is -0.493 e. The zero-order valence-corrected chi connectivity index (χ0v) is 12.6. The first-order chi connectivity index (χ1) is 10.4. The van der Waals surface area contributed by atoms with Crippen LogP contribution in [0.15, 0.2) is 24.3 Å². The van der Waals surface area contributed by atoms with E-state index in [1.54, 1.807) is 26.3 Å². The zero-order chi connectivity index (χ0) is 16.2. The number of rotatable bonds is 6. The summed E-state index contributed by atoms with van der Waals surface area (Å²) in [4.78, 5) is 13.4. The van der Waals surface area contributed by atoms with Gasteiger partial charge < -0.3 is 14.4 Å². The Morgan fingerprint density at radius 1 is 1.41 bits per heavy atom. The van der Waals surface area contributed by atoms with E-state index in [-0.39, 0.29) is 12.5 Å². The van der Waals surface area contributed by atoms with Crippen LogP contribution < -0.4 is 14.8 Å². The molecule has 0 bridgehead atoms. The van der Waals surface area contributed by atoms with Gasteiger partial charge in [0, 0.05) is 13.5 Å². The Hall–Kier alpha value is -1.89. The highest BCUT2D eigenvalue weighted by Crippen LogP contribution is 2.26. The van der Waals surface area contributed by atoms with Crippen LogP contribution in [0.5, 0.6) is 11.5 Å². The van der Waals surface area contributed by atoms with Gasteiger partial charge in [0.1, 0.15) is 6.61 Å². The van der Waals surface area contributed by atoms with E-state index in [4.69, 9.17) is 9.47 Å². The van der Waals surface area contributed by atoms with Crippen LogP contribution in [0.25, 0.3) is 0 Å². The lowest BCUT2D eigenvalue weighted by atomic mass is 10.2. The number of amides is 1. The standard InChI is InChI=1S/C15H20F2N2O3/c1-19(14(20)11-9-15(16,17)10-18-11)7-8-22-13-6-4-3-5-12(13)21-2/h3-6,11,18H,7-10H2,1-2H3. The summed E-state index contributed by atoms with van der Waals surface area (Å²) in [6.07, 6.45) is -0.455. The molecule has 1 amide bonds. The third-order valence-corrected chi connectivity index (χ3v) is 3.54. The molecule has 2 rings (SSSR count). The Morgan fingerprint density at radius 2 is 2.09 bits per heavy atom. The summed E-state index contributed by atoms with van der Waals surface area (Å²) in [5, 5.41) is 2.55. The fraction of sp³-hybridized carbons (Fsp3) is 0.533. The molecule has 1 aromatic carbocycles. The van der Waals surface area contributed by atoms with Gasteiger partial charge in [-0.15, -0.1) is 0 Å². The molecule has 1 saturated heterocycles. The molecular formula is C15H20F2N2O3. The number of likely N-dealkylation sites (N-methyl/N-ethyl adjacent to an activating group) is 1. The van der Waals surface area contributed by atoms with E-state index in [0.717, 1.165) is 0 Å². The molecule has 1 aliphatic heterocycles. The quantitative estimate of drug-likeness (QED) is 0.865. The van der Waals surface area contributed by atoms with Crippen LogP contribution in [-0.4, -0.2) is 56.6 Å². The summed E-state index contributed by atoms with van der Waals surface area (Å²) >= 11 is 0. The van der Waals surface area contributed by atoms with Crippen molar-refractivity contribution in [1.29, 1.82) is 0 Å². The number of hydrogen-bond donors (Lipinski definition) is 1. The summed E-state index contributed by atoms with van der Waals surface area (Å²) in [6, 6.07) is 6.35. The van der Waals surface area contributed by atoms with Gasteiger partial charge in [0.05, 0.1) is 26.2 Å². The summed E-state index contributed by atoms with van der Waals surface area (Å²) in [6.45, 7) is 0.112. The molecule has 1 fully saturated rings. The first kappa shape index (κ1) is 16.5. The number of carbonyl (C=O) groups is 1. The van der Waals surface area contributed by atoms with Crippen molar-refractivity contribution in [3.05, 3.63) is 24.3 Å². The monoisotopic (exact) mass is 314 g/mol. The minimum atomic E-state index is -2.81. The fourth-order valence-electron chi connectivity index (χ4n) is 2.30. The van der Waals surface area contributed by atoms with Gasteiger partial charge in [-0.2, -0.15) is 0 Å². The molecule has 0 aliphatic carbocycles. The summed E-state index contributed by atoms with van der Waals surface area (Å²) in [5.74, 6) is -1.97. The fourth-order valence-corrected chi connectivity index (χ4v) is 2.30. The van der Waals surface area contributed by atoms with Gasteiger partial charge in [-0.3, -0.25) is 10.1 Å². The van der Waals surface area contributed by atoms with E-state index in [0.29, 0.717) is 18.0 Å². The van der Waals surface area contributed by atoms with Crippen LogP contribution in [0.1, 0.15) is 6.42 Å². The maximum atomic E-state index is 13.1. The number of nitrogens with zero attached hydrogens (tertiary/aromatic N) is 1. The predicted molar refractivity (Wildman–Crippen MR) is 77.5 cm³/mol.